The first-order valence-electron chi connectivity index (χ1n) is 12.2. The number of hydrogen-bond donors (Lipinski definition) is 1. The van der Waals surface area contributed by atoms with Crippen molar-refractivity contribution >= 4 is 46.8 Å². The van der Waals surface area contributed by atoms with Gasteiger partial charge < -0.3 is 10.0 Å². The second-order valence-corrected chi connectivity index (χ2v) is 10.7. The Morgan fingerprint density at radius 1 is 1.03 bits per heavy atom. The van der Waals surface area contributed by atoms with Crippen LogP contribution in [0.5, 0.6) is 0 Å². The molecule has 0 aromatic heterocycles. The Labute approximate surface area is 235 Å². The van der Waals surface area contributed by atoms with Gasteiger partial charge in [-0.25, -0.2) is 9.69 Å². The summed E-state index contributed by atoms with van der Waals surface area (Å²) in [5.41, 5.74) is 2.10. The smallest absolute Gasteiger partial charge is 0.332 e. The molecule has 198 valence electrons. The second kappa shape index (κ2) is 10.3. The number of benzene rings is 3. The van der Waals surface area contributed by atoms with E-state index in [1.165, 1.54) is 23.1 Å². The van der Waals surface area contributed by atoms with Gasteiger partial charge in [0.15, 0.2) is 0 Å². The lowest BCUT2D eigenvalue weighted by Gasteiger charge is -2.34. The molecule has 0 saturated carbocycles. The fraction of sp³-hybridized carbons (Fsp3) is 0.241. The van der Waals surface area contributed by atoms with Crippen LogP contribution < -0.4 is 4.90 Å². The number of carboxylic acids is 1. The summed E-state index contributed by atoms with van der Waals surface area (Å²) in [5, 5.41) is 18.9. The molecule has 2 fully saturated rings. The van der Waals surface area contributed by atoms with Crippen LogP contribution in [0.25, 0.3) is 0 Å². The number of nitriles is 1. The lowest BCUT2D eigenvalue weighted by molar-refractivity contribution is -0.136. The summed E-state index contributed by atoms with van der Waals surface area (Å²) in [7, 11) is 1.63. The Kier molecular flexibility index (Phi) is 7.08. The highest BCUT2D eigenvalue weighted by Crippen LogP contribution is 2.47. The number of amides is 3. The van der Waals surface area contributed by atoms with E-state index >= 15 is 0 Å². The molecule has 2 heterocycles. The summed E-state index contributed by atoms with van der Waals surface area (Å²) in [4.78, 5) is 43.7. The number of likely N-dealkylation sites (N-methyl/N-ethyl adjacent to an activating group) is 1. The average Bonchev–Trinajstić information content (AvgIpc) is 3.36. The number of nitrogens with zero attached hydrogens (tertiary/aromatic N) is 4. The van der Waals surface area contributed by atoms with Gasteiger partial charge in [0, 0.05) is 42.6 Å². The van der Waals surface area contributed by atoms with Crippen LogP contribution in [0.2, 0.25) is 10.0 Å². The van der Waals surface area contributed by atoms with Crippen LogP contribution in [0.1, 0.15) is 28.2 Å². The number of hydrogen-bond acceptors (Lipinski definition) is 5. The molecule has 2 saturated heterocycles. The van der Waals surface area contributed by atoms with Gasteiger partial charge >= 0.3 is 12.0 Å². The summed E-state index contributed by atoms with van der Waals surface area (Å²) in [5.74, 6) is -1.65. The van der Waals surface area contributed by atoms with Crippen molar-refractivity contribution in [2.75, 3.05) is 25.0 Å². The minimum Gasteiger partial charge on any atom is -0.481 e. The van der Waals surface area contributed by atoms with E-state index in [0.717, 1.165) is 16.0 Å². The molecule has 39 heavy (non-hydrogen) atoms. The van der Waals surface area contributed by atoms with Gasteiger partial charge in [0.05, 0.1) is 23.7 Å². The number of urea groups is 1. The van der Waals surface area contributed by atoms with Crippen molar-refractivity contribution in [1.29, 1.82) is 5.26 Å². The number of rotatable bonds is 6. The normalized spacial score (nSPS) is 21.1. The van der Waals surface area contributed by atoms with Crippen LogP contribution in [0.3, 0.4) is 0 Å². The van der Waals surface area contributed by atoms with E-state index in [4.69, 9.17) is 28.3 Å². The third kappa shape index (κ3) is 4.85. The molecular formula is C29H24Cl2N4O4. The van der Waals surface area contributed by atoms with E-state index in [1.807, 2.05) is 24.3 Å². The minimum absolute atomic E-state index is 0.0569. The van der Waals surface area contributed by atoms with Crippen molar-refractivity contribution in [3.05, 3.63) is 99.0 Å². The van der Waals surface area contributed by atoms with Gasteiger partial charge in [-0.05, 0) is 47.0 Å². The first kappa shape index (κ1) is 26.7. The SMILES string of the molecule is CN1C(=O)N(c2cc(Cl)cc(Cl)c2)C(=O)[C@]12CN(Cc1ccc(CC(=O)O)cc1)C[C@H]2c1ccc(C#N)cc1. The second-order valence-electron chi connectivity index (χ2n) is 9.88. The molecule has 0 bridgehead atoms. The Morgan fingerprint density at radius 3 is 2.23 bits per heavy atom. The number of carbonyl (C=O) groups is 3. The third-order valence-corrected chi connectivity index (χ3v) is 7.90. The zero-order valence-electron chi connectivity index (χ0n) is 21.0. The molecule has 3 amide bonds. The maximum Gasteiger partial charge on any atom is 0.332 e. The van der Waals surface area contributed by atoms with Gasteiger partial charge in [0.25, 0.3) is 5.91 Å². The molecule has 0 unspecified atom stereocenters. The van der Waals surface area contributed by atoms with Gasteiger partial charge in [-0.2, -0.15) is 5.26 Å². The minimum atomic E-state index is -1.21. The van der Waals surface area contributed by atoms with Gasteiger partial charge in [0.1, 0.15) is 5.54 Å². The zero-order valence-corrected chi connectivity index (χ0v) is 22.5. The van der Waals surface area contributed by atoms with Gasteiger partial charge in [-0.1, -0.05) is 59.6 Å². The van der Waals surface area contributed by atoms with Crippen LogP contribution >= 0.6 is 23.2 Å². The molecule has 8 nitrogen and oxygen atoms in total. The molecule has 0 radical (unpaired) electrons. The number of aliphatic carboxylic acids is 1. The van der Waals surface area contributed by atoms with Crippen molar-refractivity contribution in [2.45, 2.75) is 24.4 Å². The first-order chi connectivity index (χ1) is 18.6. The number of anilines is 1. The summed E-state index contributed by atoms with van der Waals surface area (Å²) in [6.45, 7) is 1.26. The van der Waals surface area contributed by atoms with E-state index in [1.54, 1.807) is 31.3 Å². The van der Waals surface area contributed by atoms with Crippen molar-refractivity contribution < 1.29 is 19.5 Å². The average molecular weight is 563 g/mol. The highest BCUT2D eigenvalue weighted by Gasteiger charge is 2.64. The van der Waals surface area contributed by atoms with Gasteiger partial charge in [0.2, 0.25) is 0 Å². The highest BCUT2D eigenvalue weighted by molar-refractivity contribution is 6.35. The highest BCUT2D eigenvalue weighted by atomic mass is 35.5. The van der Waals surface area contributed by atoms with Crippen LogP contribution in [0, 0.1) is 11.3 Å². The van der Waals surface area contributed by atoms with Gasteiger partial charge in [-0.15, -0.1) is 0 Å². The molecule has 1 spiro atoms. The lowest BCUT2D eigenvalue weighted by Crippen LogP contribution is -2.53. The van der Waals surface area contributed by atoms with E-state index < -0.39 is 17.5 Å². The molecular weight excluding hydrogens is 539 g/mol. The largest absolute Gasteiger partial charge is 0.481 e. The van der Waals surface area contributed by atoms with Crippen LogP contribution in [-0.4, -0.2) is 58.5 Å². The van der Waals surface area contributed by atoms with Crippen LogP contribution in [-0.2, 0) is 22.6 Å². The molecule has 3 aromatic carbocycles. The van der Waals surface area contributed by atoms with E-state index in [9.17, 15) is 19.6 Å². The molecule has 3 aromatic rings. The summed E-state index contributed by atoms with van der Waals surface area (Å²) < 4.78 is 0. The Bertz CT molecular complexity index is 1480. The van der Waals surface area contributed by atoms with Gasteiger partial charge in [-0.3, -0.25) is 14.5 Å². The number of halogens is 2. The van der Waals surface area contributed by atoms with E-state index in [0.29, 0.717) is 39.9 Å². The standard InChI is InChI=1S/C29H24Cl2N4O4/c1-33-28(39)35(24-12-22(30)11-23(31)13-24)27(38)29(33)17-34(15-20-4-2-18(3-5-20)10-26(36)37)16-25(29)21-8-6-19(14-32)7-9-21/h2-9,11-13,25H,10,15-17H2,1H3,(H,36,37)/t25-,29+/m0/s1. The summed E-state index contributed by atoms with van der Waals surface area (Å²) >= 11 is 12.4. The molecule has 1 N–H and O–H groups in total. The van der Waals surface area contributed by atoms with Crippen molar-refractivity contribution in [2.24, 2.45) is 0 Å². The maximum atomic E-state index is 14.3. The molecule has 2 aliphatic rings. The van der Waals surface area contributed by atoms with Crippen molar-refractivity contribution in [3.8, 4) is 6.07 Å². The Balaban J connectivity index is 1.52. The third-order valence-electron chi connectivity index (χ3n) is 7.46. The summed E-state index contributed by atoms with van der Waals surface area (Å²) in [6.07, 6.45) is -0.0569. The number of likely N-dealkylation sites (tertiary alicyclic amines) is 1. The maximum absolute atomic E-state index is 14.3. The molecule has 5 rings (SSSR count). The quantitative estimate of drug-likeness (QED) is 0.427. The number of imide groups is 1. The van der Waals surface area contributed by atoms with Crippen molar-refractivity contribution in [1.82, 2.24) is 9.80 Å². The fourth-order valence-corrected chi connectivity index (χ4v) is 6.12. The lowest BCUT2D eigenvalue weighted by atomic mass is 9.80. The topological polar surface area (TPSA) is 105 Å². The molecule has 10 heteroatoms. The Hall–Kier alpha value is -3.90. The van der Waals surface area contributed by atoms with Crippen molar-refractivity contribution in [3.63, 3.8) is 0 Å². The van der Waals surface area contributed by atoms with Crippen LogP contribution in [0.4, 0.5) is 10.5 Å². The van der Waals surface area contributed by atoms with E-state index in [-0.39, 0.29) is 24.8 Å². The number of carbonyl (C=O) groups excluding carboxylic acids is 2. The fourth-order valence-electron chi connectivity index (χ4n) is 5.61. The predicted octanol–water partition coefficient (Wildman–Crippen LogP) is 4.93. The molecule has 2 aliphatic heterocycles. The predicted molar refractivity (Wildman–Crippen MR) is 147 cm³/mol. The van der Waals surface area contributed by atoms with E-state index in [2.05, 4.69) is 11.0 Å². The molecule has 2 atom stereocenters. The summed E-state index contributed by atoms with van der Waals surface area (Å²) in [6, 6.07) is 20.7. The first-order valence-corrected chi connectivity index (χ1v) is 13.0. The molecule has 0 aliphatic carbocycles. The van der Waals surface area contributed by atoms with Crippen LogP contribution in [0.15, 0.2) is 66.7 Å². The monoisotopic (exact) mass is 562 g/mol. The Morgan fingerprint density at radius 2 is 1.64 bits per heavy atom. The number of carboxylic acid groups (broad SMARTS) is 1. The zero-order chi connectivity index (χ0) is 27.9.